The summed E-state index contributed by atoms with van der Waals surface area (Å²) in [4.78, 5) is 26.6. The smallest absolute Gasteiger partial charge is 0.239 e. The first kappa shape index (κ1) is 17.9. The number of fused-ring (bicyclic) bond motifs is 1. The van der Waals surface area contributed by atoms with Gasteiger partial charge >= 0.3 is 0 Å². The molecular formula is C18H15N5OS3. The number of carbonyl (C=O) groups excluding carboxylic acids is 1. The minimum atomic E-state index is -0.383. The average Bonchev–Trinajstić information content (AvgIpc) is 3.32. The van der Waals surface area contributed by atoms with Crippen LogP contribution in [-0.2, 0) is 4.79 Å². The number of thioether (sulfide) groups is 1. The topological polar surface area (TPSA) is 93.8 Å². The van der Waals surface area contributed by atoms with E-state index in [1.54, 1.807) is 0 Å². The molecule has 4 rings (SSSR count). The second-order valence-electron chi connectivity index (χ2n) is 5.68. The summed E-state index contributed by atoms with van der Waals surface area (Å²) in [5.74, 6) is 0.284. The molecule has 0 aliphatic heterocycles. The van der Waals surface area contributed by atoms with Crippen LogP contribution < -0.4 is 11.1 Å². The molecule has 0 aliphatic carbocycles. The number of rotatable bonds is 5. The first-order valence-corrected chi connectivity index (χ1v) is 10.7. The molecule has 4 aromatic rings. The van der Waals surface area contributed by atoms with Crippen molar-refractivity contribution >= 4 is 61.5 Å². The first-order valence-electron chi connectivity index (χ1n) is 8.09. The number of amides is 1. The summed E-state index contributed by atoms with van der Waals surface area (Å²) in [6.07, 6.45) is 0. The quantitative estimate of drug-likeness (QED) is 0.369. The molecule has 0 aliphatic rings. The van der Waals surface area contributed by atoms with Gasteiger partial charge in [0.05, 0.1) is 16.3 Å². The van der Waals surface area contributed by atoms with Crippen LogP contribution in [0.1, 0.15) is 6.92 Å². The Hall–Kier alpha value is -2.49. The molecule has 9 heteroatoms. The lowest BCUT2D eigenvalue weighted by atomic mass is 10.2. The third-order valence-corrected chi connectivity index (χ3v) is 6.31. The summed E-state index contributed by atoms with van der Waals surface area (Å²) in [6, 6.07) is 11.7. The lowest BCUT2D eigenvalue weighted by Crippen LogP contribution is -2.22. The van der Waals surface area contributed by atoms with Crippen molar-refractivity contribution in [2.75, 3.05) is 11.1 Å². The molecule has 27 heavy (non-hydrogen) atoms. The third kappa shape index (κ3) is 3.95. The Bertz CT molecular complexity index is 1090. The highest BCUT2D eigenvalue weighted by Crippen LogP contribution is 2.29. The van der Waals surface area contributed by atoms with Crippen LogP contribution in [0.25, 0.3) is 21.5 Å². The Morgan fingerprint density at radius 3 is 2.78 bits per heavy atom. The van der Waals surface area contributed by atoms with Gasteiger partial charge in [0.25, 0.3) is 0 Å². The van der Waals surface area contributed by atoms with Gasteiger partial charge in [-0.25, -0.2) is 15.0 Å². The molecule has 3 heterocycles. The Morgan fingerprint density at radius 1 is 1.15 bits per heavy atom. The van der Waals surface area contributed by atoms with Gasteiger partial charge in [-0.15, -0.1) is 22.7 Å². The van der Waals surface area contributed by atoms with E-state index in [1.165, 1.54) is 34.4 Å². The fraction of sp³-hybridized carbons (Fsp3) is 0.111. The Labute approximate surface area is 167 Å². The molecule has 6 nitrogen and oxygen atoms in total. The van der Waals surface area contributed by atoms with Crippen LogP contribution in [-0.4, -0.2) is 26.1 Å². The maximum absolute atomic E-state index is 12.5. The molecule has 136 valence electrons. The van der Waals surface area contributed by atoms with E-state index in [1.807, 2.05) is 54.1 Å². The molecule has 1 aromatic carbocycles. The van der Waals surface area contributed by atoms with Crippen molar-refractivity contribution in [3.63, 3.8) is 0 Å². The monoisotopic (exact) mass is 413 g/mol. The summed E-state index contributed by atoms with van der Waals surface area (Å²) < 4.78 is 0. The van der Waals surface area contributed by atoms with E-state index >= 15 is 0 Å². The van der Waals surface area contributed by atoms with Gasteiger partial charge < -0.3 is 11.1 Å². The molecule has 3 aromatic heterocycles. The summed E-state index contributed by atoms with van der Waals surface area (Å²) in [5, 5.41) is 8.24. The highest BCUT2D eigenvalue weighted by atomic mass is 32.2. The van der Waals surface area contributed by atoms with Crippen molar-refractivity contribution in [1.29, 1.82) is 0 Å². The Morgan fingerprint density at radius 2 is 1.96 bits per heavy atom. The van der Waals surface area contributed by atoms with Gasteiger partial charge in [-0.05, 0) is 18.4 Å². The predicted octanol–water partition coefficient (Wildman–Crippen LogP) is 4.52. The van der Waals surface area contributed by atoms with Crippen LogP contribution in [0.3, 0.4) is 0 Å². The number of aromatic nitrogens is 3. The van der Waals surface area contributed by atoms with E-state index in [0.717, 1.165) is 21.5 Å². The van der Waals surface area contributed by atoms with Gasteiger partial charge in [-0.2, -0.15) is 0 Å². The van der Waals surface area contributed by atoms with Gasteiger partial charge in [0, 0.05) is 10.9 Å². The number of nitrogens with one attached hydrogen (secondary N) is 1. The van der Waals surface area contributed by atoms with Gasteiger partial charge in [-0.3, -0.25) is 4.79 Å². The molecule has 0 spiro atoms. The van der Waals surface area contributed by atoms with Crippen molar-refractivity contribution in [1.82, 2.24) is 15.0 Å². The molecule has 3 N–H and O–H groups in total. The lowest BCUT2D eigenvalue weighted by Gasteiger charge is -2.09. The van der Waals surface area contributed by atoms with Crippen LogP contribution in [0.15, 0.2) is 52.3 Å². The van der Waals surface area contributed by atoms with E-state index in [0.29, 0.717) is 16.1 Å². The van der Waals surface area contributed by atoms with E-state index in [-0.39, 0.29) is 11.2 Å². The van der Waals surface area contributed by atoms with E-state index < -0.39 is 0 Å². The highest BCUT2D eigenvalue weighted by Gasteiger charge is 2.19. The number of anilines is 2. The number of nitrogen functional groups attached to an aromatic ring is 1. The summed E-state index contributed by atoms with van der Waals surface area (Å²) in [7, 11) is 0. The number of nitrogens with zero attached hydrogens (tertiary/aromatic N) is 3. The molecule has 0 radical (unpaired) electrons. The van der Waals surface area contributed by atoms with Crippen molar-refractivity contribution in [2.45, 2.75) is 17.3 Å². The van der Waals surface area contributed by atoms with Crippen LogP contribution >= 0.6 is 34.4 Å². The van der Waals surface area contributed by atoms with Crippen LogP contribution in [0, 0.1) is 0 Å². The first-order chi connectivity index (χ1) is 13.1. The van der Waals surface area contributed by atoms with E-state index in [9.17, 15) is 4.79 Å². The number of hydrogen-bond acceptors (Lipinski definition) is 8. The zero-order valence-corrected chi connectivity index (χ0v) is 16.7. The number of thiazole rings is 1. The van der Waals surface area contributed by atoms with Crippen LogP contribution in [0.5, 0.6) is 0 Å². The normalized spacial score (nSPS) is 12.2. The highest BCUT2D eigenvalue weighted by molar-refractivity contribution is 8.00. The number of carbonyl (C=O) groups is 1. The molecule has 0 saturated carbocycles. The fourth-order valence-corrected chi connectivity index (χ4v) is 4.73. The summed E-state index contributed by atoms with van der Waals surface area (Å²) >= 11 is 4.18. The number of hydrogen-bond donors (Lipinski definition) is 2. The predicted molar refractivity (Wildman–Crippen MR) is 113 cm³/mol. The van der Waals surface area contributed by atoms with E-state index in [4.69, 9.17) is 5.73 Å². The Balaban J connectivity index is 1.44. The maximum atomic E-state index is 12.5. The second kappa shape index (κ2) is 7.63. The average molecular weight is 414 g/mol. The molecule has 0 fully saturated rings. The van der Waals surface area contributed by atoms with Crippen molar-refractivity contribution in [3.8, 4) is 11.3 Å². The molecule has 0 unspecified atom stereocenters. The SMILES string of the molecule is C[C@@H](Sc1nc(N)c2ccsc2n1)C(=O)Nc1nc(-c2ccccc2)cs1. The Kier molecular flexibility index (Phi) is 5.06. The van der Waals surface area contributed by atoms with Gasteiger partial charge in [0.1, 0.15) is 10.6 Å². The zero-order valence-electron chi connectivity index (χ0n) is 14.2. The minimum Gasteiger partial charge on any atom is -0.383 e. The zero-order chi connectivity index (χ0) is 18.8. The van der Waals surface area contributed by atoms with E-state index in [2.05, 4.69) is 20.3 Å². The van der Waals surface area contributed by atoms with Gasteiger partial charge in [0.2, 0.25) is 5.91 Å². The molecule has 1 atom stereocenters. The molecule has 1 amide bonds. The maximum Gasteiger partial charge on any atom is 0.239 e. The standard InChI is InChI=1S/C18H15N5OS3/c1-10(27-18-21-14(19)12-7-8-25-16(12)23-18)15(24)22-17-20-13(9-26-17)11-5-3-2-4-6-11/h2-10H,1H3,(H2,19,21,23)(H,20,22,24)/t10-/m1/s1. The summed E-state index contributed by atoms with van der Waals surface area (Å²) in [5.41, 5.74) is 7.83. The number of benzene rings is 1. The van der Waals surface area contributed by atoms with Crippen LogP contribution in [0.2, 0.25) is 0 Å². The van der Waals surface area contributed by atoms with Crippen LogP contribution in [0.4, 0.5) is 10.9 Å². The molecule has 0 bridgehead atoms. The van der Waals surface area contributed by atoms with Gasteiger partial charge in [-0.1, -0.05) is 42.1 Å². The van der Waals surface area contributed by atoms with Crippen molar-refractivity contribution in [3.05, 3.63) is 47.2 Å². The van der Waals surface area contributed by atoms with Gasteiger partial charge in [0.15, 0.2) is 10.3 Å². The van der Waals surface area contributed by atoms with Crippen molar-refractivity contribution < 1.29 is 4.79 Å². The largest absolute Gasteiger partial charge is 0.383 e. The molecular weight excluding hydrogens is 398 g/mol. The number of thiophene rings is 1. The number of nitrogens with two attached hydrogens (primary N) is 1. The fourth-order valence-electron chi connectivity index (χ4n) is 2.40. The molecule has 0 saturated heterocycles. The summed E-state index contributed by atoms with van der Waals surface area (Å²) in [6.45, 7) is 1.81. The third-order valence-electron chi connectivity index (χ3n) is 3.79. The second-order valence-corrected chi connectivity index (χ2v) is 8.74. The lowest BCUT2D eigenvalue weighted by molar-refractivity contribution is -0.115. The minimum absolute atomic E-state index is 0.151. The van der Waals surface area contributed by atoms with Crippen molar-refractivity contribution in [2.24, 2.45) is 0 Å².